The second kappa shape index (κ2) is 7.75. The Morgan fingerprint density at radius 1 is 1.03 bits per heavy atom. The van der Waals surface area contributed by atoms with E-state index < -0.39 is 29.4 Å². The Bertz CT molecular complexity index is 1050. The van der Waals surface area contributed by atoms with E-state index in [1.807, 2.05) is 0 Å². The van der Waals surface area contributed by atoms with Crippen LogP contribution in [0.25, 0.3) is 5.65 Å². The minimum atomic E-state index is -4.63. The number of carbonyl (C=O) groups is 1. The van der Waals surface area contributed by atoms with Gasteiger partial charge < -0.3 is 5.32 Å². The molecule has 0 spiro atoms. The van der Waals surface area contributed by atoms with E-state index in [1.165, 1.54) is 0 Å². The summed E-state index contributed by atoms with van der Waals surface area (Å²) in [6, 6.07) is 4.53. The predicted molar refractivity (Wildman–Crippen MR) is 93.8 cm³/mol. The quantitative estimate of drug-likeness (QED) is 0.437. The van der Waals surface area contributed by atoms with E-state index in [1.54, 1.807) is 0 Å². The topological polar surface area (TPSA) is 59.3 Å². The highest BCUT2D eigenvalue weighted by atomic mass is 35.5. The van der Waals surface area contributed by atoms with E-state index in [0.29, 0.717) is 0 Å². The lowest BCUT2D eigenvalue weighted by atomic mass is 10.2. The fourth-order valence-electron chi connectivity index (χ4n) is 2.26. The van der Waals surface area contributed by atoms with Crippen LogP contribution in [-0.2, 0) is 17.1 Å². The smallest absolute Gasteiger partial charge is 0.325 e. The highest BCUT2D eigenvalue weighted by Crippen LogP contribution is 2.33. The lowest BCUT2D eigenvalue weighted by Crippen LogP contribution is -2.14. The number of amides is 1. The van der Waals surface area contributed by atoms with Crippen molar-refractivity contribution in [2.24, 2.45) is 0 Å². The second-order valence-corrected chi connectivity index (χ2v) is 7.01. The molecule has 2 heterocycles. The Balaban J connectivity index is 1.70. The van der Waals surface area contributed by atoms with Crippen molar-refractivity contribution < 1.29 is 31.1 Å². The summed E-state index contributed by atoms with van der Waals surface area (Å²) in [6.45, 7) is 0. The third kappa shape index (κ3) is 4.93. The molecule has 1 N–H and O–H groups in total. The van der Waals surface area contributed by atoms with Gasteiger partial charge in [-0.2, -0.15) is 26.3 Å². The maximum Gasteiger partial charge on any atom is 0.417 e. The van der Waals surface area contributed by atoms with E-state index in [2.05, 4.69) is 15.5 Å². The number of halogens is 7. The number of rotatable bonds is 4. The Morgan fingerprint density at radius 3 is 2.24 bits per heavy atom. The van der Waals surface area contributed by atoms with Gasteiger partial charge in [-0.15, -0.1) is 10.2 Å². The van der Waals surface area contributed by atoms with E-state index >= 15 is 0 Å². The molecule has 5 nitrogen and oxygen atoms in total. The van der Waals surface area contributed by atoms with Crippen LogP contribution in [0.15, 0.2) is 41.7 Å². The number of anilines is 1. The summed E-state index contributed by atoms with van der Waals surface area (Å²) in [5.41, 5.74) is -1.74. The number of aromatic nitrogens is 3. The number of benzene rings is 1. The number of nitrogens with one attached hydrogen (secondary N) is 1. The summed E-state index contributed by atoms with van der Waals surface area (Å²) in [7, 11) is 0. The van der Waals surface area contributed by atoms with Gasteiger partial charge in [-0.1, -0.05) is 23.4 Å². The molecule has 0 bridgehead atoms. The number of hydrogen-bond acceptors (Lipinski definition) is 4. The molecule has 1 amide bonds. The normalized spacial score (nSPS) is 12.4. The number of carbonyl (C=O) groups excluding carboxylic acids is 1. The van der Waals surface area contributed by atoms with Crippen molar-refractivity contribution in [2.45, 2.75) is 17.5 Å². The lowest BCUT2D eigenvalue weighted by Gasteiger charge is -2.09. The number of hydrogen-bond donors (Lipinski definition) is 1. The lowest BCUT2D eigenvalue weighted by molar-refractivity contribution is -0.138. The van der Waals surface area contributed by atoms with Gasteiger partial charge >= 0.3 is 12.4 Å². The van der Waals surface area contributed by atoms with Gasteiger partial charge in [-0.3, -0.25) is 9.20 Å². The molecule has 0 saturated heterocycles. The molecule has 0 aliphatic rings. The minimum absolute atomic E-state index is 0.00410. The predicted octanol–water partition coefficient (Wildman–Crippen LogP) is 5.15. The van der Waals surface area contributed by atoms with Gasteiger partial charge in [0.1, 0.15) is 0 Å². The molecule has 0 aliphatic heterocycles. The molecule has 13 heteroatoms. The fraction of sp³-hybridized carbons (Fsp3) is 0.188. The number of thioether (sulfide) groups is 1. The van der Waals surface area contributed by atoms with Crippen LogP contribution < -0.4 is 5.32 Å². The van der Waals surface area contributed by atoms with Crippen molar-refractivity contribution in [2.75, 3.05) is 11.1 Å². The molecule has 0 atom stereocenters. The fourth-order valence-corrected chi connectivity index (χ4v) is 3.21. The number of nitrogens with zero attached hydrogens (tertiary/aromatic N) is 3. The summed E-state index contributed by atoms with van der Waals surface area (Å²) in [5, 5.41) is 9.53. The first-order chi connectivity index (χ1) is 13.4. The van der Waals surface area contributed by atoms with E-state index in [4.69, 9.17) is 11.6 Å². The van der Waals surface area contributed by atoms with Gasteiger partial charge in [0, 0.05) is 11.9 Å². The maximum atomic E-state index is 12.9. The van der Waals surface area contributed by atoms with Crippen LogP contribution in [0.3, 0.4) is 0 Å². The van der Waals surface area contributed by atoms with Crippen LogP contribution in [0.4, 0.5) is 32.0 Å². The van der Waals surface area contributed by atoms with E-state index in [-0.39, 0.29) is 27.3 Å². The van der Waals surface area contributed by atoms with Crippen LogP contribution in [-0.4, -0.2) is 26.3 Å². The van der Waals surface area contributed by atoms with E-state index in [9.17, 15) is 31.1 Å². The Kier molecular flexibility index (Phi) is 5.68. The zero-order valence-corrected chi connectivity index (χ0v) is 15.5. The summed E-state index contributed by atoms with van der Waals surface area (Å²) in [5.74, 6) is -0.861. The molecule has 29 heavy (non-hydrogen) atoms. The third-order valence-corrected chi connectivity index (χ3v) is 4.81. The zero-order chi connectivity index (χ0) is 21.4. The molecular weight excluding hydrogens is 446 g/mol. The summed E-state index contributed by atoms with van der Waals surface area (Å²) >= 11 is 6.60. The number of fused-ring (bicyclic) bond motifs is 1. The van der Waals surface area contributed by atoms with Crippen LogP contribution in [0.1, 0.15) is 11.1 Å². The first kappa shape index (κ1) is 21.2. The Labute approximate surface area is 168 Å². The van der Waals surface area contributed by atoms with Crippen molar-refractivity contribution >= 4 is 40.6 Å². The first-order valence-corrected chi connectivity index (χ1v) is 9.03. The standard InChI is InChI=1S/C16H9ClF6N4OS/c17-11-5-9(16(21,22)23)6-27-13(11)25-26-14(27)29-7-12(28)24-10-3-1-8(2-4-10)15(18,19)20/h1-6H,7H2,(H,24,28). The van der Waals surface area contributed by atoms with Crippen molar-refractivity contribution in [1.82, 2.24) is 14.6 Å². The molecule has 0 fully saturated rings. The van der Waals surface area contributed by atoms with Crippen molar-refractivity contribution in [1.29, 1.82) is 0 Å². The van der Waals surface area contributed by atoms with Crippen molar-refractivity contribution in [3.63, 3.8) is 0 Å². The molecule has 0 unspecified atom stereocenters. The molecule has 0 aliphatic carbocycles. The molecule has 0 saturated carbocycles. The van der Waals surface area contributed by atoms with Gasteiger partial charge in [0.2, 0.25) is 5.91 Å². The van der Waals surface area contributed by atoms with Crippen LogP contribution in [0, 0.1) is 0 Å². The Hall–Kier alpha value is -2.47. The molecule has 1 aromatic carbocycles. The number of pyridine rings is 1. The Morgan fingerprint density at radius 2 is 1.66 bits per heavy atom. The monoisotopic (exact) mass is 454 g/mol. The summed E-state index contributed by atoms with van der Waals surface area (Å²) in [4.78, 5) is 12.0. The zero-order valence-electron chi connectivity index (χ0n) is 14.0. The van der Waals surface area contributed by atoms with Gasteiger partial charge in [-0.05, 0) is 30.3 Å². The molecule has 154 valence electrons. The molecule has 3 aromatic rings. The van der Waals surface area contributed by atoms with Gasteiger partial charge in [-0.25, -0.2) is 0 Å². The average molecular weight is 455 g/mol. The second-order valence-electron chi connectivity index (χ2n) is 5.66. The van der Waals surface area contributed by atoms with Crippen LogP contribution >= 0.6 is 23.4 Å². The highest BCUT2D eigenvalue weighted by Gasteiger charge is 2.32. The summed E-state index contributed by atoms with van der Waals surface area (Å²) in [6.07, 6.45) is -8.37. The largest absolute Gasteiger partial charge is 0.417 e. The van der Waals surface area contributed by atoms with Crippen molar-refractivity contribution in [3.8, 4) is 0 Å². The molecule has 0 radical (unpaired) electrons. The van der Waals surface area contributed by atoms with Gasteiger partial charge in [0.15, 0.2) is 10.8 Å². The molecular formula is C16H9ClF6N4OS. The molecule has 2 aromatic heterocycles. The SMILES string of the molecule is O=C(CSc1nnc2c(Cl)cc(C(F)(F)F)cn12)Nc1ccc(C(F)(F)F)cc1. The van der Waals surface area contributed by atoms with Crippen molar-refractivity contribution in [3.05, 3.63) is 52.7 Å². The van der Waals surface area contributed by atoms with Crippen LogP contribution in [0.2, 0.25) is 5.02 Å². The maximum absolute atomic E-state index is 12.9. The van der Waals surface area contributed by atoms with E-state index in [0.717, 1.165) is 52.7 Å². The van der Waals surface area contributed by atoms with Crippen LogP contribution in [0.5, 0.6) is 0 Å². The number of alkyl halides is 6. The van der Waals surface area contributed by atoms with Gasteiger partial charge in [0.25, 0.3) is 0 Å². The minimum Gasteiger partial charge on any atom is -0.325 e. The first-order valence-electron chi connectivity index (χ1n) is 7.66. The summed E-state index contributed by atoms with van der Waals surface area (Å²) < 4.78 is 77.4. The molecule has 3 rings (SSSR count). The average Bonchev–Trinajstić information content (AvgIpc) is 3.02. The van der Waals surface area contributed by atoms with Gasteiger partial charge in [0.05, 0.1) is 21.9 Å². The third-order valence-electron chi connectivity index (χ3n) is 3.58. The highest BCUT2D eigenvalue weighted by molar-refractivity contribution is 7.99.